The summed E-state index contributed by atoms with van der Waals surface area (Å²) in [6, 6.07) is 3.50. The molecule has 4 heteroatoms. The molecule has 1 aromatic heterocycles. The minimum atomic E-state index is 0.442. The maximum atomic E-state index is 5.73. The molecular weight excluding hydrogens is 176 g/mol. The van der Waals surface area contributed by atoms with Crippen LogP contribution in [-0.4, -0.2) is 18.6 Å². The van der Waals surface area contributed by atoms with Crippen molar-refractivity contribution in [3.63, 3.8) is 0 Å². The number of nitrogens with two attached hydrogens (primary N) is 1. The first-order valence-corrected chi connectivity index (χ1v) is 4.04. The number of pyridine rings is 1. The van der Waals surface area contributed by atoms with Crippen LogP contribution in [0.25, 0.3) is 0 Å². The Morgan fingerprint density at radius 3 is 2.92 bits per heavy atom. The van der Waals surface area contributed by atoms with E-state index in [0.717, 1.165) is 17.9 Å². The van der Waals surface area contributed by atoms with Gasteiger partial charge in [-0.25, -0.2) is 4.98 Å². The van der Waals surface area contributed by atoms with E-state index in [1.165, 1.54) is 0 Å². The van der Waals surface area contributed by atoms with Crippen molar-refractivity contribution >= 4 is 11.6 Å². The van der Waals surface area contributed by atoms with Crippen molar-refractivity contribution in [2.45, 2.75) is 6.42 Å². The number of hydrogen-bond donors (Lipinski definition) is 1. The van der Waals surface area contributed by atoms with E-state index in [2.05, 4.69) is 4.98 Å². The second-order valence-electron chi connectivity index (χ2n) is 2.36. The largest absolute Gasteiger partial charge is 0.497 e. The monoisotopic (exact) mass is 186 g/mol. The lowest BCUT2D eigenvalue weighted by atomic mass is 10.2. The van der Waals surface area contributed by atoms with E-state index in [9.17, 15) is 0 Å². The molecule has 0 radical (unpaired) electrons. The smallest absolute Gasteiger partial charge is 0.133 e. The number of rotatable bonds is 3. The summed E-state index contributed by atoms with van der Waals surface area (Å²) in [5.74, 6) is 0.721. The normalized spacial score (nSPS) is 9.92. The van der Waals surface area contributed by atoms with Crippen molar-refractivity contribution in [1.29, 1.82) is 0 Å². The van der Waals surface area contributed by atoms with Crippen LogP contribution in [0.3, 0.4) is 0 Å². The van der Waals surface area contributed by atoms with Crippen LogP contribution in [-0.2, 0) is 6.42 Å². The Hall–Kier alpha value is -0.800. The fourth-order valence-electron chi connectivity index (χ4n) is 0.919. The zero-order valence-electron chi connectivity index (χ0n) is 6.88. The van der Waals surface area contributed by atoms with E-state index < -0.39 is 0 Å². The van der Waals surface area contributed by atoms with Crippen LogP contribution in [0.4, 0.5) is 0 Å². The first-order chi connectivity index (χ1) is 5.76. The molecule has 0 fully saturated rings. The Morgan fingerprint density at radius 2 is 2.33 bits per heavy atom. The molecule has 0 saturated carbocycles. The molecule has 12 heavy (non-hydrogen) atoms. The highest BCUT2D eigenvalue weighted by Gasteiger charge is 1.99. The lowest BCUT2D eigenvalue weighted by Crippen LogP contribution is -2.04. The van der Waals surface area contributed by atoms with Gasteiger partial charge in [-0.1, -0.05) is 11.6 Å². The van der Waals surface area contributed by atoms with Gasteiger partial charge in [0.2, 0.25) is 0 Å². The molecule has 1 heterocycles. The van der Waals surface area contributed by atoms with Gasteiger partial charge in [0.15, 0.2) is 0 Å². The van der Waals surface area contributed by atoms with Gasteiger partial charge in [0.25, 0.3) is 0 Å². The summed E-state index contributed by atoms with van der Waals surface area (Å²) in [6.45, 7) is 0.566. The number of nitrogens with zero attached hydrogens (tertiary/aromatic N) is 1. The topological polar surface area (TPSA) is 48.1 Å². The second kappa shape index (κ2) is 4.28. The molecule has 0 aliphatic carbocycles. The van der Waals surface area contributed by atoms with Gasteiger partial charge in [0.05, 0.1) is 7.11 Å². The molecule has 2 N–H and O–H groups in total. The number of halogens is 1. The van der Waals surface area contributed by atoms with Gasteiger partial charge in [0.1, 0.15) is 10.9 Å². The summed E-state index contributed by atoms with van der Waals surface area (Å²) in [5.41, 5.74) is 6.24. The number of aromatic nitrogens is 1. The summed E-state index contributed by atoms with van der Waals surface area (Å²) in [5, 5.41) is 0.442. The van der Waals surface area contributed by atoms with Gasteiger partial charge in [-0.3, -0.25) is 0 Å². The quantitative estimate of drug-likeness (QED) is 0.723. The van der Waals surface area contributed by atoms with Crippen LogP contribution < -0.4 is 10.5 Å². The molecule has 0 saturated heterocycles. The predicted octanol–water partition coefficient (Wildman–Crippen LogP) is 1.24. The Labute approximate surface area is 76.5 Å². The number of hydrogen-bond acceptors (Lipinski definition) is 3. The fourth-order valence-corrected chi connectivity index (χ4v) is 1.13. The van der Waals surface area contributed by atoms with Gasteiger partial charge in [-0.15, -0.1) is 0 Å². The SMILES string of the molecule is COc1cc(Cl)nc(CCN)c1. The zero-order valence-corrected chi connectivity index (χ0v) is 7.64. The highest BCUT2D eigenvalue weighted by molar-refractivity contribution is 6.29. The standard InChI is InChI=1S/C8H11ClN2O/c1-12-7-4-6(2-3-10)11-8(9)5-7/h4-5H,2-3,10H2,1H3. The van der Waals surface area contributed by atoms with Gasteiger partial charge < -0.3 is 10.5 Å². The van der Waals surface area contributed by atoms with E-state index >= 15 is 0 Å². The summed E-state index contributed by atoms with van der Waals surface area (Å²) in [6.07, 6.45) is 0.719. The van der Waals surface area contributed by atoms with Crippen molar-refractivity contribution in [3.8, 4) is 5.75 Å². The fraction of sp³-hybridized carbons (Fsp3) is 0.375. The molecule has 3 nitrogen and oxygen atoms in total. The first-order valence-electron chi connectivity index (χ1n) is 3.67. The number of ether oxygens (including phenoxy) is 1. The number of methoxy groups -OCH3 is 1. The zero-order chi connectivity index (χ0) is 8.97. The molecular formula is C8H11ClN2O. The van der Waals surface area contributed by atoms with Gasteiger partial charge in [0, 0.05) is 24.2 Å². The van der Waals surface area contributed by atoms with E-state index in [1.807, 2.05) is 6.07 Å². The van der Waals surface area contributed by atoms with Crippen LogP contribution >= 0.6 is 11.6 Å². The Kier molecular flexibility index (Phi) is 3.31. The highest BCUT2D eigenvalue weighted by Crippen LogP contribution is 2.17. The van der Waals surface area contributed by atoms with Crippen LogP contribution in [0.5, 0.6) is 5.75 Å². The lowest BCUT2D eigenvalue weighted by Gasteiger charge is -2.03. The Balaban J connectivity index is 2.90. The van der Waals surface area contributed by atoms with Gasteiger partial charge in [-0.05, 0) is 6.54 Å². The third kappa shape index (κ3) is 2.36. The first kappa shape index (κ1) is 9.29. The molecule has 1 rings (SSSR count). The van der Waals surface area contributed by atoms with Crippen LogP contribution in [0.1, 0.15) is 5.69 Å². The third-order valence-corrected chi connectivity index (χ3v) is 1.65. The molecule has 0 bridgehead atoms. The van der Waals surface area contributed by atoms with Gasteiger partial charge >= 0.3 is 0 Å². The van der Waals surface area contributed by atoms with Crippen LogP contribution in [0.2, 0.25) is 5.15 Å². The van der Waals surface area contributed by atoms with E-state index in [0.29, 0.717) is 11.7 Å². The summed E-state index contributed by atoms with van der Waals surface area (Å²) < 4.78 is 5.02. The minimum Gasteiger partial charge on any atom is -0.497 e. The molecule has 0 aliphatic heterocycles. The van der Waals surface area contributed by atoms with Crippen molar-refractivity contribution in [3.05, 3.63) is 23.0 Å². The Morgan fingerprint density at radius 1 is 1.58 bits per heavy atom. The predicted molar refractivity (Wildman–Crippen MR) is 48.6 cm³/mol. The summed E-state index contributed by atoms with van der Waals surface area (Å²) >= 11 is 5.73. The van der Waals surface area contributed by atoms with Crippen molar-refractivity contribution in [2.24, 2.45) is 5.73 Å². The van der Waals surface area contributed by atoms with E-state index in [4.69, 9.17) is 22.1 Å². The summed E-state index contributed by atoms with van der Waals surface area (Å²) in [4.78, 5) is 4.08. The van der Waals surface area contributed by atoms with Crippen LogP contribution in [0, 0.1) is 0 Å². The average Bonchev–Trinajstić information content (AvgIpc) is 2.04. The molecule has 0 aromatic carbocycles. The molecule has 0 unspecified atom stereocenters. The molecule has 66 valence electrons. The summed E-state index contributed by atoms with van der Waals surface area (Å²) in [7, 11) is 1.60. The van der Waals surface area contributed by atoms with Crippen molar-refractivity contribution < 1.29 is 4.74 Å². The molecule has 0 aliphatic rings. The maximum Gasteiger partial charge on any atom is 0.133 e. The molecule has 0 amide bonds. The average molecular weight is 187 g/mol. The molecule has 1 aromatic rings. The van der Waals surface area contributed by atoms with Crippen molar-refractivity contribution in [1.82, 2.24) is 4.98 Å². The third-order valence-electron chi connectivity index (χ3n) is 1.46. The lowest BCUT2D eigenvalue weighted by molar-refractivity contribution is 0.413. The molecule has 0 spiro atoms. The maximum absolute atomic E-state index is 5.73. The minimum absolute atomic E-state index is 0.442. The van der Waals surface area contributed by atoms with Crippen LogP contribution in [0.15, 0.2) is 12.1 Å². The second-order valence-corrected chi connectivity index (χ2v) is 2.75. The van der Waals surface area contributed by atoms with Crippen molar-refractivity contribution in [2.75, 3.05) is 13.7 Å². The molecule has 0 atom stereocenters. The Bertz CT molecular complexity index is 265. The highest BCUT2D eigenvalue weighted by atomic mass is 35.5. The van der Waals surface area contributed by atoms with E-state index in [1.54, 1.807) is 13.2 Å². The van der Waals surface area contributed by atoms with Gasteiger partial charge in [-0.2, -0.15) is 0 Å². The van der Waals surface area contributed by atoms with E-state index in [-0.39, 0.29) is 0 Å².